The van der Waals surface area contributed by atoms with E-state index in [1.54, 1.807) is 55.9 Å². The van der Waals surface area contributed by atoms with Gasteiger partial charge in [-0.3, -0.25) is 4.99 Å². The molecule has 0 fully saturated rings. The highest BCUT2D eigenvalue weighted by atomic mass is 35.5. The molecule has 0 heterocycles. The van der Waals surface area contributed by atoms with Crippen LogP contribution in [-0.2, 0) is 4.74 Å². The zero-order valence-electron chi connectivity index (χ0n) is 12.4. The number of anilines is 1. The molecule has 2 aromatic rings. The van der Waals surface area contributed by atoms with E-state index in [1.807, 2.05) is 0 Å². The Kier molecular flexibility index (Phi) is 8.74. The fraction of sp³-hybridized carbons (Fsp3) is 0.0625. The standard InChI is InChI=1S/C16H12Cl4N2O.ClH/c1-23-12(8-21-10-2-4-13(17)15(19)6-10)9-22-11-3-5-14(18)16(20)7-11;/h2-9,21H,1H3;1H/b12-8+,22-9?;. The van der Waals surface area contributed by atoms with Crippen molar-refractivity contribution in [1.29, 1.82) is 0 Å². The number of allylic oxidation sites excluding steroid dienone is 1. The summed E-state index contributed by atoms with van der Waals surface area (Å²) in [7, 11) is 1.54. The molecule has 0 bridgehead atoms. The van der Waals surface area contributed by atoms with Gasteiger partial charge in [0, 0.05) is 11.9 Å². The van der Waals surface area contributed by atoms with Gasteiger partial charge in [-0.1, -0.05) is 46.4 Å². The summed E-state index contributed by atoms with van der Waals surface area (Å²) in [6.45, 7) is 0. The maximum atomic E-state index is 5.96. The number of methoxy groups -OCH3 is 1. The van der Waals surface area contributed by atoms with Crippen LogP contribution < -0.4 is 5.32 Å². The van der Waals surface area contributed by atoms with Crippen molar-refractivity contribution in [3.63, 3.8) is 0 Å². The lowest BCUT2D eigenvalue weighted by atomic mass is 10.3. The van der Waals surface area contributed by atoms with Crippen molar-refractivity contribution >= 4 is 76.4 Å². The Labute approximate surface area is 166 Å². The summed E-state index contributed by atoms with van der Waals surface area (Å²) in [5.41, 5.74) is 1.44. The summed E-state index contributed by atoms with van der Waals surface area (Å²) in [5.74, 6) is 0.516. The van der Waals surface area contributed by atoms with Crippen LogP contribution in [0.2, 0.25) is 20.1 Å². The predicted octanol–water partition coefficient (Wildman–Crippen LogP) is 7.02. The van der Waals surface area contributed by atoms with Crippen molar-refractivity contribution in [2.45, 2.75) is 0 Å². The Morgan fingerprint density at radius 1 is 0.958 bits per heavy atom. The molecule has 0 radical (unpaired) electrons. The number of rotatable bonds is 5. The lowest BCUT2D eigenvalue weighted by molar-refractivity contribution is 0.317. The highest BCUT2D eigenvalue weighted by molar-refractivity contribution is 6.42. The summed E-state index contributed by atoms with van der Waals surface area (Å²) in [6.07, 6.45) is 3.21. The average Bonchev–Trinajstić information content (AvgIpc) is 2.54. The lowest BCUT2D eigenvalue weighted by Crippen LogP contribution is -1.95. The molecule has 0 unspecified atom stereocenters. The van der Waals surface area contributed by atoms with Crippen molar-refractivity contribution in [2.75, 3.05) is 12.4 Å². The molecule has 0 saturated carbocycles. The molecule has 3 nitrogen and oxygen atoms in total. The van der Waals surface area contributed by atoms with Gasteiger partial charge in [0.25, 0.3) is 0 Å². The Hall–Kier alpha value is -1.10. The van der Waals surface area contributed by atoms with Gasteiger partial charge in [0.05, 0.1) is 39.1 Å². The smallest absolute Gasteiger partial charge is 0.153 e. The minimum absolute atomic E-state index is 0. The van der Waals surface area contributed by atoms with Crippen LogP contribution in [0.3, 0.4) is 0 Å². The van der Waals surface area contributed by atoms with Crippen LogP contribution in [0.25, 0.3) is 0 Å². The number of hydrogen-bond donors (Lipinski definition) is 1. The monoisotopic (exact) mass is 424 g/mol. The summed E-state index contributed by atoms with van der Waals surface area (Å²) >= 11 is 23.6. The quantitative estimate of drug-likeness (QED) is 0.411. The van der Waals surface area contributed by atoms with Gasteiger partial charge in [0.15, 0.2) is 5.76 Å². The zero-order chi connectivity index (χ0) is 16.8. The van der Waals surface area contributed by atoms with Crippen LogP contribution in [0.15, 0.2) is 53.3 Å². The van der Waals surface area contributed by atoms with Crippen molar-refractivity contribution in [1.82, 2.24) is 0 Å². The molecule has 0 aliphatic carbocycles. The molecule has 0 aromatic heterocycles. The van der Waals surface area contributed by atoms with Crippen molar-refractivity contribution < 1.29 is 4.74 Å². The number of ether oxygens (including phenoxy) is 1. The molecule has 1 N–H and O–H groups in total. The molecule has 0 aliphatic rings. The number of benzene rings is 2. The minimum atomic E-state index is 0. The second-order valence-electron chi connectivity index (χ2n) is 4.38. The fourth-order valence-electron chi connectivity index (χ4n) is 1.59. The van der Waals surface area contributed by atoms with Crippen LogP contribution >= 0.6 is 58.8 Å². The Morgan fingerprint density at radius 3 is 2.17 bits per heavy atom. The highest BCUT2D eigenvalue weighted by Crippen LogP contribution is 2.27. The van der Waals surface area contributed by atoms with Crippen LogP contribution in [0.4, 0.5) is 11.4 Å². The van der Waals surface area contributed by atoms with Crippen LogP contribution in [0, 0.1) is 0 Å². The van der Waals surface area contributed by atoms with Gasteiger partial charge >= 0.3 is 0 Å². The topological polar surface area (TPSA) is 33.6 Å². The van der Waals surface area contributed by atoms with E-state index in [1.165, 1.54) is 0 Å². The first-order valence-corrected chi connectivity index (χ1v) is 7.95. The van der Waals surface area contributed by atoms with E-state index in [0.29, 0.717) is 31.5 Å². The van der Waals surface area contributed by atoms with Crippen molar-refractivity contribution in [3.05, 3.63) is 68.4 Å². The van der Waals surface area contributed by atoms with Gasteiger partial charge < -0.3 is 10.1 Å². The van der Waals surface area contributed by atoms with Gasteiger partial charge in [0.2, 0.25) is 0 Å². The number of nitrogens with one attached hydrogen (secondary N) is 1. The van der Waals surface area contributed by atoms with Crippen molar-refractivity contribution in [3.8, 4) is 0 Å². The third-order valence-electron chi connectivity index (χ3n) is 2.78. The zero-order valence-corrected chi connectivity index (χ0v) is 16.2. The molecule has 0 saturated heterocycles. The number of halogens is 5. The molecule has 0 aliphatic heterocycles. The van der Waals surface area contributed by atoms with Gasteiger partial charge in [-0.15, -0.1) is 12.4 Å². The van der Waals surface area contributed by atoms with E-state index in [4.69, 9.17) is 51.1 Å². The first-order valence-electron chi connectivity index (χ1n) is 6.44. The van der Waals surface area contributed by atoms with E-state index < -0.39 is 0 Å². The number of hydrogen-bond acceptors (Lipinski definition) is 3. The SMILES string of the molecule is CO/C(C=Nc1ccc(Cl)c(Cl)c1)=C/Nc1ccc(Cl)c(Cl)c1.Cl. The molecule has 0 atom stereocenters. The van der Waals surface area contributed by atoms with Crippen LogP contribution in [0.5, 0.6) is 0 Å². The lowest BCUT2D eigenvalue weighted by Gasteiger charge is -2.05. The molecule has 128 valence electrons. The summed E-state index contributed by atoms with van der Waals surface area (Å²) < 4.78 is 5.23. The maximum absolute atomic E-state index is 5.96. The highest BCUT2D eigenvalue weighted by Gasteiger charge is 2.00. The van der Waals surface area contributed by atoms with Gasteiger partial charge in [-0.25, -0.2) is 0 Å². The Balaban J connectivity index is 0.00000288. The van der Waals surface area contributed by atoms with Gasteiger partial charge in [-0.2, -0.15) is 0 Å². The molecule has 24 heavy (non-hydrogen) atoms. The van der Waals surface area contributed by atoms with Gasteiger partial charge in [-0.05, 0) is 36.4 Å². The van der Waals surface area contributed by atoms with E-state index in [9.17, 15) is 0 Å². The van der Waals surface area contributed by atoms with Gasteiger partial charge in [0.1, 0.15) is 0 Å². The predicted molar refractivity (Wildman–Crippen MR) is 107 cm³/mol. The third-order valence-corrected chi connectivity index (χ3v) is 4.26. The van der Waals surface area contributed by atoms with Crippen LogP contribution in [-0.4, -0.2) is 13.3 Å². The normalized spacial score (nSPS) is 11.3. The molecule has 2 aromatic carbocycles. The van der Waals surface area contributed by atoms with Crippen LogP contribution in [0.1, 0.15) is 0 Å². The molecule has 2 rings (SSSR count). The first kappa shape index (κ1) is 20.9. The maximum Gasteiger partial charge on any atom is 0.153 e. The second kappa shape index (κ2) is 10.0. The molecular weight excluding hydrogens is 413 g/mol. The molecule has 8 heteroatoms. The average molecular weight is 427 g/mol. The minimum Gasteiger partial charge on any atom is -0.494 e. The third kappa shape index (κ3) is 6.08. The second-order valence-corrected chi connectivity index (χ2v) is 6.01. The molecule has 0 amide bonds. The summed E-state index contributed by atoms with van der Waals surface area (Å²) in [4.78, 5) is 4.27. The van der Waals surface area contributed by atoms with E-state index in [2.05, 4.69) is 10.3 Å². The Bertz CT molecular complexity index is 762. The largest absolute Gasteiger partial charge is 0.494 e. The molecular formula is C16H13Cl5N2O. The number of nitrogens with zero attached hydrogens (tertiary/aromatic N) is 1. The fourth-order valence-corrected chi connectivity index (χ4v) is 2.18. The molecule has 0 spiro atoms. The summed E-state index contributed by atoms with van der Waals surface area (Å²) in [5, 5.41) is 4.94. The number of aliphatic imine (C=N–C) groups is 1. The Morgan fingerprint density at radius 2 is 1.58 bits per heavy atom. The van der Waals surface area contributed by atoms with E-state index in [-0.39, 0.29) is 12.4 Å². The first-order chi connectivity index (χ1) is 11.0. The summed E-state index contributed by atoms with van der Waals surface area (Å²) in [6, 6.07) is 10.3. The van der Waals surface area contributed by atoms with E-state index >= 15 is 0 Å². The van der Waals surface area contributed by atoms with E-state index in [0.717, 1.165) is 5.69 Å². The van der Waals surface area contributed by atoms with Crippen molar-refractivity contribution in [2.24, 2.45) is 4.99 Å².